The Kier molecular flexibility index (Phi) is 5.27. The van der Waals surface area contributed by atoms with Crippen LogP contribution in [0.1, 0.15) is 11.1 Å². The molecule has 0 bridgehead atoms. The number of aromatic hydroxyl groups is 1. The summed E-state index contributed by atoms with van der Waals surface area (Å²) in [5.41, 5.74) is 7.21. The molecule has 0 radical (unpaired) electrons. The lowest BCUT2D eigenvalue weighted by Gasteiger charge is -2.11. The van der Waals surface area contributed by atoms with Crippen molar-refractivity contribution >= 4 is 11.7 Å². The fraction of sp³-hybridized carbons (Fsp3) is 0.188. The Bertz CT molecular complexity index is 683. The molecule has 2 aromatic rings. The summed E-state index contributed by atoms with van der Waals surface area (Å²) in [5, 5.41) is 19.7. The number of phenols is 1. The van der Waals surface area contributed by atoms with Gasteiger partial charge in [0.15, 0.2) is 0 Å². The van der Waals surface area contributed by atoms with Crippen LogP contribution in [0, 0.1) is 10.1 Å². The number of hydrogen-bond donors (Lipinski definition) is 2. The Balaban J connectivity index is 1.86. The Morgan fingerprint density at radius 3 is 2.26 bits per heavy atom. The van der Waals surface area contributed by atoms with E-state index in [0.29, 0.717) is 12.0 Å². The number of nitro benzene ring substituents is 1. The second-order valence-electron chi connectivity index (χ2n) is 5.01. The first-order valence-electron chi connectivity index (χ1n) is 6.89. The van der Waals surface area contributed by atoms with Gasteiger partial charge in [0.2, 0.25) is 0 Å². The number of carbonyl (C=O) groups is 1. The van der Waals surface area contributed by atoms with Crippen molar-refractivity contribution in [2.45, 2.75) is 19.1 Å². The van der Waals surface area contributed by atoms with Crippen LogP contribution in [0.2, 0.25) is 0 Å². The first-order valence-corrected chi connectivity index (χ1v) is 6.89. The van der Waals surface area contributed by atoms with Gasteiger partial charge < -0.3 is 15.6 Å². The summed E-state index contributed by atoms with van der Waals surface area (Å²) in [6.45, 7) is 0.000105. The molecular formula is C16H16N2O5. The van der Waals surface area contributed by atoms with Crippen LogP contribution in [0.5, 0.6) is 5.75 Å². The number of benzene rings is 2. The standard InChI is InChI=1S/C16H16N2O5/c17-15(9-11-3-7-14(19)8-4-11)16(20)23-10-12-1-5-13(6-2-12)18(21)22/h1-8,15,19H,9-10,17H2. The van der Waals surface area contributed by atoms with E-state index in [9.17, 15) is 20.0 Å². The molecule has 0 aliphatic carbocycles. The molecule has 0 aliphatic heterocycles. The lowest BCUT2D eigenvalue weighted by molar-refractivity contribution is -0.384. The topological polar surface area (TPSA) is 116 Å². The first kappa shape index (κ1) is 16.4. The maximum Gasteiger partial charge on any atom is 0.323 e. The van der Waals surface area contributed by atoms with Crippen molar-refractivity contribution in [3.05, 3.63) is 69.8 Å². The molecule has 0 spiro atoms. The molecule has 0 fully saturated rings. The molecule has 23 heavy (non-hydrogen) atoms. The number of nitrogens with two attached hydrogens (primary N) is 1. The van der Waals surface area contributed by atoms with Crippen LogP contribution in [0.3, 0.4) is 0 Å². The Hall–Kier alpha value is -2.93. The fourth-order valence-corrected chi connectivity index (χ4v) is 1.94. The number of hydrogen-bond acceptors (Lipinski definition) is 6. The number of ether oxygens (including phenoxy) is 1. The zero-order valence-electron chi connectivity index (χ0n) is 12.2. The Morgan fingerprint density at radius 1 is 1.13 bits per heavy atom. The largest absolute Gasteiger partial charge is 0.508 e. The first-order chi connectivity index (χ1) is 11.0. The van der Waals surface area contributed by atoms with Gasteiger partial charge in [-0.15, -0.1) is 0 Å². The molecule has 7 heteroatoms. The molecule has 3 N–H and O–H groups in total. The van der Waals surface area contributed by atoms with E-state index in [-0.39, 0.29) is 18.0 Å². The summed E-state index contributed by atoms with van der Waals surface area (Å²) < 4.78 is 5.10. The molecule has 1 atom stereocenters. The quantitative estimate of drug-likeness (QED) is 0.478. The SMILES string of the molecule is NC(Cc1ccc(O)cc1)C(=O)OCc1ccc([N+](=O)[O-])cc1. The molecule has 0 amide bonds. The molecule has 7 nitrogen and oxygen atoms in total. The second-order valence-corrected chi connectivity index (χ2v) is 5.01. The van der Waals surface area contributed by atoms with Crippen molar-refractivity contribution in [2.75, 3.05) is 0 Å². The number of nitrogens with zero attached hydrogens (tertiary/aromatic N) is 1. The highest BCUT2D eigenvalue weighted by molar-refractivity contribution is 5.75. The third-order valence-electron chi connectivity index (χ3n) is 3.22. The summed E-state index contributed by atoms with van der Waals surface area (Å²) in [5.74, 6) is -0.417. The summed E-state index contributed by atoms with van der Waals surface area (Å²) in [7, 11) is 0. The minimum Gasteiger partial charge on any atom is -0.508 e. The lowest BCUT2D eigenvalue weighted by Crippen LogP contribution is -2.34. The number of rotatable bonds is 6. The van der Waals surface area contributed by atoms with E-state index in [4.69, 9.17) is 10.5 Å². The van der Waals surface area contributed by atoms with E-state index in [1.54, 1.807) is 12.1 Å². The summed E-state index contributed by atoms with van der Waals surface area (Å²) >= 11 is 0. The third kappa shape index (κ3) is 4.79. The van der Waals surface area contributed by atoms with Crippen LogP contribution < -0.4 is 5.73 Å². The van der Waals surface area contributed by atoms with Gasteiger partial charge in [-0.1, -0.05) is 12.1 Å². The number of phenolic OH excluding ortho intramolecular Hbond substituents is 1. The molecule has 120 valence electrons. The van der Waals surface area contributed by atoms with Gasteiger partial charge >= 0.3 is 5.97 Å². The van der Waals surface area contributed by atoms with Crippen molar-refractivity contribution in [1.29, 1.82) is 0 Å². The molecule has 1 unspecified atom stereocenters. The molecule has 2 aromatic carbocycles. The van der Waals surface area contributed by atoms with Gasteiger partial charge in [-0.05, 0) is 41.8 Å². The van der Waals surface area contributed by atoms with Crippen molar-refractivity contribution in [3.63, 3.8) is 0 Å². The normalized spacial score (nSPS) is 11.7. The van der Waals surface area contributed by atoms with E-state index >= 15 is 0 Å². The number of nitro groups is 1. The molecule has 0 saturated carbocycles. The molecule has 0 aromatic heterocycles. The predicted molar refractivity (Wildman–Crippen MR) is 82.7 cm³/mol. The van der Waals surface area contributed by atoms with E-state index < -0.39 is 16.9 Å². The van der Waals surface area contributed by atoms with Gasteiger partial charge in [0.1, 0.15) is 18.4 Å². The zero-order valence-corrected chi connectivity index (χ0v) is 12.2. The predicted octanol–water partition coefficient (Wildman–Crippen LogP) is 1.91. The van der Waals surface area contributed by atoms with Crippen molar-refractivity contribution in [2.24, 2.45) is 5.73 Å². The molecular weight excluding hydrogens is 300 g/mol. The third-order valence-corrected chi connectivity index (χ3v) is 3.22. The second kappa shape index (κ2) is 7.37. The Morgan fingerprint density at radius 2 is 1.70 bits per heavy atom. The van der Waals surface area contributed by atoms with E-state index in [1.165, 1.54) is 36.4 Å². The average molecular weight is 316 g/mol. The maximum absolute atomic E-state index is 11.9. The fourth-order valence-electron chi connectivity index (χ4n) is 1.94. The monoisotopic (exact) mass is 316 g/mol. The van der Waals surface area contributed by atoms with Crippen LogP contribution in [0.25, 0.3) is 0 Å². The van der Waals surface area contributed by atoms with Gasteiger partial charge in [0.05, 0.1) is 4.92 Å². The van der Waals surface area contributed by atoms with Crippen molar-refractivity contribution in [1.82, 2.24) is 0 Å². The summed E-state index contributed by atoms with van der Waals surface area (Å²) in [6, 6.07) is 11.3. The summed E-state index contributed by atoms with van der Waals surface area (Å²) in [6.07, 6.45) is 0.291. The van der Waals surface area contributed by atoms with Crippen molar-refractivity contribution in [3.8, 4) is 5.75 Å². The van der Waals surface area contributed by atoms with Crippen molar-refractivity contribution < 1.29 is 19.6 Å². The van der Waals surface area contributed by atoms with Crippen LogP contribution in [-0.2, 0) is 22.6 Å². The van der Waals surface area contributed by atoms with Gasteiger partial charge in [-0.3, -0.25) is 14.9 Å². The minimum atomic E-state index is -0.822. The van der Waals surface area contributed by atoms with Gasteiger partial charge in [0, 0.05) is 12.1 Å². The van der Waals surface area contributed by atoms with Gasteiger partial charge in [-0.25, -0.2) is 0 Å². The van der Waals surface area contributed by atoms with Crippen LogP contribution in [0.15, 0.2) is 48.5 Å². The van der Waals surface area contributed by atoms with E-state index in [0.717, 1.165) is 5.56 Å². The summed E-state index contributed by atoms with van der Waals surface area (Å²) in [4.78, 5) is 21.9. The highest BCUT2D eigenvalue weighted by atomic mass is 16.6. The highest BCUT2D eigenvalue weighted by Gasteiger charge is 2.16. The molecule has 0 heterocycles. The molecule has 2 rings (SSSR count). The van der Waals surface area contributed by atoms with Gasteiger partial charge in [0.25, 0.3) is 5.69 Å². The minimum absolute atomic E-state index is 0.000105. The average Bonchev–Trinajstić information content (AvgIpc) is 2.55. The number of esters is 1. The van der Waals surface area contributed by atoms with E-state index in [1.807, 2.05) is 0 Å². The van der Waals surface area contributed by atoms with Crippen LogP contribution >= 0.6 is 0 Å². The van der Waals surface area contributed by atoms with E-state index in [2.05, 4.69) is 0 Å². The molecule has 0 saturated heterocycles. The number of non-ortho nitro benzene ring substituents is 1. The van der Waals surface area contributed by atoms with Crippen LogP contribution in [-0.4, -0.2) is 22.0 Å². The molecule has 0 aliphatic rings. The van der Waals surface area contributed by atoms with Crippen LogP contribution in [0.4, 0.5) is 5.69 Å². The zero-order chi connectivity index (χ0) is 16.8. The number of carbonyl (C=O) groups excluding carboxylic acids is 1. The Labute approximate surface area is 132 Å². The van der Waals surface area contributed by atoms with Gasteiger partial charge in [-0.2, -0.15) is 0 Å². The highest BCUT2D eigenvalue weighted by Crippen LogP contribution is 2.14. The smallest absolute Gasteiger partial charge is 0.323 e. The maximum atomic E-state index is 11.9. The lowest BCUT2D eigenvalue weighted by atomic mass is 10.1.